The molecular weight excluding hydrogens is 400 g/mol. The number of carbonyl (C=O) groups is 3. The first-order valence-electron chi connectivity index (χ1n) is 11.7. The Morgan fingerprint density at radius 3 is 2.61 bits per heavy atom. The van der Waals surface area contributed by atoms with E-state index in [1.54, 1.807) is 11.0 Å². The maximum absolute atomic E-state index is 14.0. The monoisotopic (exact) mass is 434 g/mol. The highest BCUT2D eigenvalue weighted by atomic mass is 16.5. The second kappa shape index (κ2) is 8.90. The first kappa shape index (κ1) is 22.3. The number of amides is 2. The lowest BCUT2D eigenvalue weighted by atomic mass is 9.70. The second-order valence-corrected chi connectivity index (χ2v) is 9.43. The lowest BCUT2D eigenvalue weighted by molar-refractivity contribution is -0.151. The molecule has 1 aliphatic carbocycles. The van der Waals surface area contributed by atoms with Crippen LogP contribution in [0.5, 0.6) is 0 Å². The Balaban J connectivity index is 1.69. The number of ether oxygens (including phenoxy) is 1. The predicted molar refractivity (Wildman–Crippen MR) is 112 cm³/mol. The van der Waals surface area contributed by atoms with Crippen LogP contribution >= 0.6 is 0 Å². The molecule has 3 aliphatic heterocycles. The number of fused-ring (bicyclic) bond motifs is 1. The van der Waals surface area contributed by atoms with Crippen molar-refractivity contribution >= 4 is 17.8 Å². The summed E-state index contributed by atoms with van der Waals surface area (Å²) in [6.45, 7) is 4.57. The van der Waals surface area contributed by atoms with Crippen LogP contribution in [0.3, 0.4) is 0 Å². The Bertz CT molecular complexity index is 736. The molecule has 2 bridgehead atoms. The van der Waals surface area contributed by atoms with Gasteiger partial charge in [-0.25, -0.2) is 0 Å². The number of likely N-dealkylation sites (tertiary alicyclic amines) is 1. The van der Waals surface area contributed by atoms with Crippen LogP contribution in [0.15, 0.2) is 12.7 Å². The molecule has 2 amide bonds. The second-order valence-electron chi connectivity index (χ2n) is 9.43. The van der Waals surface area contributed by atoms with E-state index in [2.05, 4.69) is 6.58 Å². The van der Waals surface area contributed by atoms with E-state index >= 15 is 0 Å². The predicted octanol–water partition coefficient (Wildman–Crippen LogP) is 1.57. The Morgan fingerprint density at radius 2 is 1.97 bits per heavy atom. The summed E-state index contributed by atoms with van der Waals surface area (Å²) in [5.41, 5.74) is -1.06. The summed E-state index contributed by atoms with van der Waals surface area (Å²) in [6, 6.07) is -0.696. The van der Waals surface area contributed by atoms with Gasteiger partial charge in [-0.05, 0) is 38.5 Å². The van der Waals surface area contributed by atoms with Crippen LogP contribution in [-0.2, 0) is 19.1 Å². The van der Waals surface area contributed by atoms with Crippen molar-refractivity contribution in [1.29, 1.82) is 0 Å². The van der Waals surface area contributed by atoms with Crippen LogP contribution in [0.1, 0.15) is 57.8 Å². The number of carboxylic acids is 1. The van der Waals surface area contributed by atoms with Crippen molar-refractivity contribution in [3.63, 3.8) is 0 Å². The highest BCUT2D eigenvalue weighted by molar-refractivity contribution is 5.98. The van der Waals surface area contributed by atoms with Gasteiger partial charge in [0, 0.05) is 25.7 Å². The van der Waals surface area contributed by atoms with Crippen LogP contribution in [-0.4, -0.2) is 81.3 Å². The number of hydrogen-bond acceptors (Lipinski definition) is 5. The van der Waals surface area contributed by atoms with Gasteiger partial charge < -0.3 is 24.7 Å². The fraction of sp³-hybridized carbons (Fsp3) is 0.783. The number of aliphatic carboxylic acids is 1. The normalized spacial score (nSPS) is 34.7. The summed E-state index contributed by atoms with van der Waals surface area (Å²) in [5, 5.41) is 19.0. The minimum Gasteiger partial charge on any atom is -0.481 e. The third kappa shape index (κ3) is 3.57. The zero-order chi connectivity index (χ0) is 22.2. The third-order valence-electron chi connectivity index (χ3n) is 7.75. The number of rotatable bonds is 9. The molecule has 31 heavy (non-hydrogen) atoms. The molecule has 0 aromatic rings. The van der Waals surface area contributed by atoms with E-state index in [1.165, 1.54) is 6.42 Å². The molecule has 0 aromatic heterocycles. The molecule has 0 unspecified atom stereocenters. The largest absolute Gasteiger partial charge is 0.481 e. The molecule has 4 aliphatic rings. The van der Waals surface area contributed by atoms with Gasteiger partial charge in [0.15, 0.2) is 0 Å². The van der Waals surface area contributed by atoms with E-state index < -0.39 is 35.6 Å². The first-order valence-corrected chi connectivity index (χ1v) is 11.7. The molecule has 8 nitrogen and oxygen atoms in total. The lowest BCUT2D eigenvalue weighted by Crippen LogP contribution is -2.58. The van der Waals surface area contributed by atoms with Crippen molar-refractivity contribution < 1.29 is 29.3 Å². The SMILES string of the molecule is C=CCN(C(=O)[C@@H]1N(CCCCO)C(=O)[C@H]2[C@H](C(=O)O)[C@@H]3CC[C@]12O3)C1CCCCC1. The average molecular weight is 435 g/mol. The number of nitrogens with zero attached hydrogens (tertiary/aromatic N) is 2. The van der Waals surface area contributed by atoms with E-state index in [0.717, 1.165) is 25.7 Å². The van der Waals surface area contributed by atoms with Gasteiger partial charge in [-0.15, -0.1) is 6.58 Å². The van der Waals surface area contributed by atoms with E-state index in [0.29, 0.717) is 38.8 Å². The highest BCUT2D eigenvalue weighted by Gasteiger charge is 2.74. The van der Waals surface area contributed by atoms with Gasteiger partial charge in [-0.3, -0.25) is 14.4 Å². The topological polar surface area (TPSA) is 107 Å². The molecule has 172 valence electrons. The molecule has 4 rings (SSSR count). The summed E-state index contributed by atoms with van der Waals surface area (Å²) < 4.78 is 6.25. The quantitative estimate of drug-likeness (QED) is 0.421. The van der Waals surface area contributed by atoms with Crippen LogP contribution in [0.4, 0.5) is 0 Å². The summed E-state index contributed by atoms with van der Waals surface area (Å²) in [5.74, 6) is -3.17. The first-order chi connectivity index (χ1) is 15.0. The standard InChI is InChI=1S/C23H34N2O6/c1-2-12-24(15-8-4-3-5-9-15)21(28)19-23-11-10-16(31-23)17(22(29)30)18(23)20(27)25(19)13-6-7-14-26/h2,15-19,26H,1,3-14H2,(H,29,30)/t16-,17+,18+,19-,23+/m0/s1. The number of aliphatic hydroxyl groups excluding tert-OH is 1. The van der Waals surface area contributed by atoms with Gasteiger partial charge in [0.2, 0.25) is 11.8 Å². The molecule has 2 N–H and O–H groups in total. The van der Waals surface area contributed by atoms with Gasteiger partial charge in [-0.1, -0.05) is 25.3 Å². The number of aliphatic hydroxyl groups is 1. The minimum absolute atomic E-state index is 0.0101. The number of carboxylic acid groups (broad SMARTS) is 1. The molecule has 4 fully saturated rings. The molecule has 3 heterocycles. The van der Waals surface area contributed by atoms with Crippen molar-refractivity contribution in [3.8, 4) is 0 Å². The van der Waals surface area contributed by atoms with Crippen molar-refractivity contribution in [1.82, 2.24) is 9.80 Å². The third-order valence-corrected chi connectivity index (χ3v) is 7.75. The summed E-state index contributed by atoms with van der Waals surface area (Å²) in [6.07, 6.45) is 8.55. The summed E-state index contributed by atoms with van der Waals surface area (Å²) in [7, 11) is 0. The van der Waals surface area contributed by atoms with Crippen LogP contribution in [0.2, 0.25) is 0 Å². The zero-order valence-corrected chi connectivity index (χ0v) is 18.1. The van der Waals surface area contributed by atoms with E-state index in [1.807, 2.05) is 4.90 Å². The number of carbonyl (C=O) groups excluding carboxylic acids is 2. The summed E-state index contributed by atoms with van der Waals surface area (Å²) in [4.78, 5) is 42.9. The van der Waals surface area contributed by atoms with Crippen molar-refractivity contribution in [2.24, 2.45) is 11.8 Å². The van der Waals surface area contributed by atoms with E-state index in [-0.39, 0.29) is 24.5 Å². The van der Waals surface area contributed by atoms with Crippen LogP contribution in [0, 0.1) is 11.8 Å². The van der Waals surface area contributed by atoms with Gasteiger partial charge in [0.1, 0.15) is 11.6 Å². The molecular formula is C23H34N2O6. The Hall–Kier alpha value is -1.93. The maximum Gasteiger partial charge on any atom is 0.310 e. The smallest absolute Gasteiger partial charge is 0.310 e. The molecule has 1 spiro atoms. The molecule has 1 saturated carbocycles. The Kier molecular flexibility index (Phi) is 6.40. The molecule has 0 radical (unpaired) electrons. The van der Waals surface area contributed by atoms with E-state index in [4.69, 9.17) is 4.74 Å². The molecule has 5 atom stereocenters. The number of unbranched alkanes of at least 4 members (excludes halogenated alkanes) is 1. The fourth-order valence-electron chi connectivity index (χ4n) is 6.46. The molecule has 8 heteroatoms. The molecule has 3 saturated heterocycles. The van der Waals surface area contributed by atoms with Gasteiger partial charge in [0.05, 0.1) is 17.9 Å². The summed E-state index contributed by atoms with van der Waals surface area (Å²) >= 11 is 0. The van der Waals surface area contributed by atoms with Crippen molar-refractivity contribution in [2.45, 2.75) is 81.6 Å². The highest BCUT2D eigenvalue weighted by Crippen LogP contribution is 2.58. The Labute approximate surface area is 183 Å². The average Bonchev–Trinajstić information content (AvgIpc) is 3.40. The minimum atomic E-state index is -1.06. The van der Waals surface area contributed by atoms with E-state index in [9.17, 15) is 24.6 Å². The maximum atomic E-state index is 14.0. The fourth-order valence-corrected chi connectivity index (χ4v) is 6.46. The Morgan fingerprint density at radius 1 is 1.23 bits per heavy atom. The van der Waals surface area contributed by atoms with Gasteiger partial charge in [0.25, 0.3) is 0 Å². The zero-order valence-electron chi connectivity index (χ0n) is 18.1. The van der Waals surface area contributed by atoms with Crippen LogP contribution in [0.25, 0.3) is 0 Å². The van der Waals surface area contributed by atoms with Crippen LogP contribution < -0.4 is 0 Å². The number of hydrogen-bond donors (Lipinski definition) is 2. The molecule has 0 aromatic carbocycles. The van der Waals surface area contributed by atoms with Crippen molar-refractivity contribution in [2.75, 3.05) is 19.7 Å². The van der Waals surface area contributed by atoms with Crippen molar-refractivity contribution in [3.05, 3.63) is 12.7 Å². The van der Waals surface area contributed by atoms with Gasteiger partial charge in [-0.2, -0.15) is 0 Å². The lowest BCUT2D eigenvalue weighted by Gasteiger charge is -2.40. The van der Waals surface area contributed by atoms with Gasteiger partial charge >= 0.3 is 5.97 Å².